The predicted molar refractivity (Wildman–Crippen MR) is 96.4 cm³/mol. The number of anilines is 1. The lowest BCUT2D eigenvalue weighted by molar-refractivity contribution is -0.130. The zero-order valence-electron chi connectivity index (χ0n) is 14.3. The highest BCUT2D eigenvalue weighted by Crippen LogP contribution is 2.22. The Morgan fingerprint density at radius 1 is 1.24 bits per heavy atom. The molecule has 1 aliphatic heterocycles. The van der Waals surface area contributed by atoms with Crippen LogP contribution in [0.3, 0.4) is 0 Å². The van der Waals surface area contributed by atoms with E-state index in [2.05, 4.69) is 17.0 Å². The molecule has 0 unspecified atom stereocenters. The number of rotatable bonds is 4. The molecule has 0 bridgehead atoms. The van der Waals surface area contributed by atoms with Gasteiger partial charge in [-0.05, 0) is 38.0 Å². The third-order valence-electron chi connectivity index (χ3n) is 4.62. The number of para-hydroxylation sites is 1. The van der Waals surface area contributed by atoms with Crippen molar-refractivity contribution in [2.45, 2.75) is 19.8 Å². The maximum Gasteiger partial charge on any atom is 0.245 e. The van der Waals surface area contributed by atoms with Gasteiger partial charge in [0.25, 0.3) is 0 Å². The monoisotopic (exact) mass is 338 g/mol. The lowest BCUT2D eigenvalue weighted by atomic mass is 9.95. The molecule has 1 saturated heterocycles. The Morgan fingerprint density at radius 2 is 1.92 bits per heavy atom. The molecule has 1 fully saturated rings. The Hall–Kier alpha value is -2.89. The molecule has 0 aliphatic carbocycles. The van der Waals surface area contributed by atoms with Gasteiger partial charge in [-0.3, -0.25) is 9.59 Å². The Labute approximate surface area is 147 Å². The van der Waals surface area contributed by atoms with Crippen LogP contribution in [-0.4, -0.2) is 39.6 Å². The molecule has 25 heavy (non-hydrogen) atoms. The molecule has 1 aliphatic rings. The van der Waals surface area contributed by atoms with Gasteiger partial charge in [0, 0.05) is 19.0 Å². The van der Waals surface area contributed by atoms with Crippen molar-refractivity contribution in [3.8, 4) is 5.69 Å². The van der Waals surface area contributed by atoms with Gasteiger partial charge >= 0.3 is 0 Å². The van der Waals surface area contributed by atoms with Crippen LogP contribution in [-0.2, 0) is 9.59 Å². The average Bonchev–Trinajstić information content (AvgIpc) is 3.02. The summed E-state index contributed by atoms with van der Waals surface area (Å²) in [5, 5.41) is 7.35. The first-order chi connectivity index (χ1) is 12.1. The van der Waals surface area contributed by atoms with Crippen LogP contribution in [0.25, 0.3) is 5.69 Å². The minimum absolute atomic E-state index is 0.0126. The third-order valence-corrected chi connectivity index (χ3v) is 4.62. The van der Waals surface area contributed by atoms with E-state index in [1.807, 2.05) is 37.3 Å². The molecule has 0 radical (unpaired) electrons. The second-order valence-corrected chi connectivity index (χ2v) is 6.18. The predicted octanol–water partition coefficient (Wildman–Crippen LogP) is 2.54. The Kier molecular flexibility index (Phi) is 4.97. The molecule has 6 heteroatoms. The molecule has 0 saturated carbocycles. The van der Waals surface area contributed by atoms with Gasteiger partial charge in [-0.25, -0.2) is 4.68 Å². The fourth-order valence-corrected chi connectivity index (χ4v) is 3.09. The first-order valence-corrected chi connectivity index (χ1v) is 8.42. The molecular weight excluding hydrogens is 316 g/mol. The highest BCUT2D eigenvalue weighted by molar-refractivity contribution is 5.93. The lowest BCUT2D eigenvalue weighted by Crippen LogP contribution is -2.40. The quantitative estimate of drug-likeness (QED) is 0.871. The van der Waals surface area contributed by atoms with Crippen LogP contribution in [0.4, 0.5) is 5.69 Å². The van der Waals surface area contributed by atoms with Gasteiger partial charge in [-0.15, -0.1) is 0 Å². The number of hydrogen-bond acceptors (Lipinski definition) is 3. The van der Waals surface area contributed by atoms with Crippen molar-refractivity contribution >= 4 is 17.5 Å². The van der Waals surface area contributed by atoms with Crippen LogP contribution in [0.5, 0.6) is 0 Å². The number of carbonyl (C=O) groups is 2. The molecule has 1 aromatic heterocycles. The van der Waals surface area contributed by atoms with Crippen molar-refractivity contribution in [3.05, 3.63) is 54.9 Å². The third kappa shape index (κ3) is 3.63. The summed E-state index contributed by atoms with van der Waals surface area (Å²) in [6.07, 6.45) is 4.33. The van der Waals surface area contributed by atoms with E-state index in [1.54, 1.807) is 15.8 Å². The fourth-order valence-electron chi connectivity index (χ4n) is 3.09. The minimum atomic E-state index is -0.0895. The van der Waals surface area contributed by atoms with Crippen molar-refractivity contribution in [1.82, 2.24) is 14.7 Å². The number of nitrogens with one attached hydrogen (secondary N) is 1. The van der Waals surface area contributed by atoms with Crippen molar-refractivity contribution in [2.75, 3.05) is 18.4 Å². The van der Waals surface area contributed by atoms with Crippen LogP contribution >= 0.6 is 0 Å². The molecule has 2 aromatic rings. The zero-order valence-corrected chi connectivity index (χ0v) is 14.3. The number of carbonyl (C=O) groups excluding carboxylic acids is 2. The number of likely N-dealkylation sites (tertiary alicyclic amines) is 1. The Morgan fingerprint density at radius 3 is 2.56 bits per heavy atom. The van der Waals surface area contributed by atoms with Crippen molar-refractivity contribution in [1.29, 1.82) is 0 Å². The van der Waals surface area contributed by atoms with E-state index in [1.165, 1.54) is 6.08 Å². The minimum Gasteiger partial charge on any atom is -0.339 e. The van der Waals surface area contributed by atoms with Crippen LogP contribution in [0.2, 0.25) is 0 Å². The number of piperidine rings is 1. The maximum atomic E-state index is 12.5. The number of amides is 2. The van der Waals surface area contributed by atoms with Gasteiger partial charge in [0.15, 0.2) is 0 Å². The molecule has 3 rings (SSSR count). The van der Waals surface area contributed by atoms with E-state index < -0.39 is 0 Å². The van der Waals surface area contributed by atoms with Gasteiger partial charge in [-0.2, -0.15) is 5.10 Å². The lowest BCUT2D eigenvalue weighted by Gasteiger charge is -2.30. The smallest absolute Gasteiger partial charge is 0.245 e. The summed E-state index contributed by atoms with van der Waals surface area (Å²) < 4.78 is 1.81. The summed E-state index contributed by atoms with van der Waals surface area (Å²) in [6.45, 7) is 6.61. The molecule has 1 aromatic carbocycles. The van der Waals surface area contributed by atoms with Gasteiger partial charge in [0.1, 0.15) is 0 Å². The second kappa shape index (κ2) is 7.34. The van der Waals surface area contributed by atoms with Gasteiger partial charge in [-0.1, -0.05) is 24.8 Å². The summed E-state index contributed by atoms with van der Waals surface area (Å²) in [7, 11) is 0. The molecule has 2 heterocycles. The molecule has 0 atom stereocenters. The normalized spacial score (nSPS) is 15.0. The summed E-state index contributed by atoms with van der Waals surface area (Å²) >= 11 is 0. The van der Waals surface area contributed by atoms with E-state index in [0.29, 0.717) is 25.9 Å². The van der Waals surface area contributed by atoms with Crippen LogP contribution in [0.1, 0.15) is 18.5 Å². The molecule has 0 spiro atoms. The van der Waals surface area contributed by atoms with E-state index in [-0.39, 0.29) is 17.7 Å². The highest BCUT2D eigenvalue weighted by atomic mass is 16.2. The largest absolute Gasteiger partial charge is 0.339 e. The summed E-state index contributed by atoms with van der Waals surface area (Å²) in [5.74, 6) is -0.173. The standard InChI is InChI=1S/C19H22N4O2/c1-3-18(24)22-11-9-15(10-12-22)19(25)21-17-13-20-23(14(17)2)16-7-5-4-6-8-16/h3-8,13,15H,1,9-12H2,2H3,(H,21,25). The zero-order chi connectivity index (χ0) is 17.8. The molecule has 1 N–H and O–H groups in total. The molecule has 130 valence electrons. The van der Waals surface area contributed by atoms with Crippen molar-refractivity contribution in [2.24, 2.45) is 5.92 Å². The number of nitrogens with zero attached hydrogens (tertiary/aromatic N) is 3. The molecule has 6 nitrogen and oxygen atoms in total. The highest BCUT2D eigenvalue weighted by Gasteiger charge is 2.27. The summed E-state index contributed by atoms with van der Waals surface area (Å²) in [5.41, 5.74) is 2.56. The Balaban J connectivity index is 1.64. The summed E-state index contributed by atoms with van der Waals surface area (Å²) in [4.78, 5) is 25.9. The number of hydrogen-bond donors (Lipinski definition) is 1. The second-order valence-electron chi connectivity index (χ2n) is 6.18. The van der Waals surface area contributed by atoms with Gasteiger partial charge < -0.3 is 10.2 Å². The maximum absolute atomic E-state index is 12.5. The first-order valence-electron chi connectivity index (χ1n) is 8.42. The van der Waals surface area contributed by atoms with Crippen molar-refractivity contribution < 1.29 is 9.59 Å². The number of benzene rings is 1. The summed E-state index contributed by atoms with van der Waals surface area (Å²) in [6, 6.07) is 9.80. The van der Waals surface area contributed by atoms with E-state index >= 15 is 0 Å². The van der Waals surface area contributed by atoms with Gasteiger partial charge in [0.05, 0.1) is 23.3 Å². The molecule has 2 amide bonds. The SMILES string of the molecule is C=CC(=O)N1CCC(C(=O)Nc2cnn(-c3ccccc3)c2C)CC1. The van der Waals surface area contributed by atoms with Gasteiger partial charge in [0.2, 0.25) is 11.8 Å². The Bertz CT molecular complexity index is 774. The topological polar surface area (TPSA) is 67.2 Å². The van der Waals surface area contributed by atoms with Crippen molar-refractivity contribution in [3.63, 3.8) is 0 Å². The van der Waals surface area contributed by atoms with Crippen LogP contribution < -0.4 is 5.32 Å². The fraction of sp³-hybridized carbons (Fsp3) is 0.316. The average molecular weight is 338 g/mol. The van der Waals surface area contributed by atoms with Crippen LogP contribution in [0.15, 0.2) is 49.2 Å². The van der Waals surface area contributed by atoms with E-state index in [9.17, 15) is 9.59 Å². The van der Waals surface area contributed by atoms with E-state index in [0.717, 1.165) is 17.1 Å². The number of aromatic nitrogens is 2. The van der Waals surface area contributed by atoms with E-state index in [4.69, 9.17) is 0 Å². The molecular formula is C19H22N4O2. The van der Waals surface area contributed by atoms with Crippen LogP contribution in [0, 0.1) is 12.8 Å². The first kappa shape index (κ1) is 17.0.